The Hall–Kier alpha value is -2.73. The molecule has 0 bridgehead atoms. The monoisotopic (exact) mass is 395 g/mol. The van der Waals surface area contributed by atoms with Crippen LogP contribution in [0.3, 0.4) is 0 Å². The van der Waals surface area contributed by atoms with Crippen LogP contribution in [0.4, 0.5) is 17.6 Å². The fourth-order valence-corrected chi connectivity index (χ4v) is 2.72. The van der Waals surface area contributed by atoms with Crippen molar-refractivity contribution in [2.24, 2.45) is 5.73 Å². The van der Waals surface area contributed by atoms with E-state index in [2.05, 4.69) is 9.47 Å². The van der Waals surface area contributed by atoms with Crippen LogP contribution in [-0.2, 0) is 24.7 Å². The highest BCUT2D eigenvalue weighted by atomic mass is 19.4. The number of aliphatic hydroxyl groups excluding tert-OH is 1. The molecule has 0 amide bonds. The highest BCUT2D eigenvalue weighted by molar-refractivity contribution is 6.28. The number of aliphatic hydroxyl groups is 1. The number of carboxylic acid groups (broad SMARTS) is 1. The minimum atomic E-state index is -5.19. The van der Waals surface area contributed by atoms with Crippen molar-refractivity contribution < 1.29 is 51.6 Å². The van der Waals surface area contributed by atoms with E-state index in [0.29, 0.717) is 6.07 Å². The van der Waals surface area contributed by atoms with E-state index in [1.807, 2.05) is 0 Å². The van der Waals surface area contributed by atoms with Gasteiger partial charge in [-0.25, -0.2) is 14.0 Å². The van der Waals surface area contributed by atoms with Crippen molar-refractivity contribution in [3.63, 3.8) is 0 Å². The van der Waals surface area contributed by atoms with Gasteiger partial charge in [-0.1, -0.05) is 12.1 Å². The van der Waals surface area contributed by atoms with E-state index in [9.17, 15) is 37.1 Å². The van der Waals surface area contributed by atoms with Gasteiger partial charge < -0.3 is 25.4 Å². The average Bonchev–Trinajstić information content (AvgIpc) is 2.56. The van der Waals surface area contributed by atoms with Gasteiger partial charge in [0.2, 0.25) is 0 Å². The molecular weight excluding hydrogens is 382 g/mol. The Morgan fingerprint density at radius 1 is 1.30 bits per heavy atom. The van der Waals surface area contributed by atoms with E-state index >= 15 is 0 Å². The number of rotatable bonds is 3. The molecule has 1 aliphatic rings. The van der Waals surface area contributed by atoms with Crippen molar-refractivity contribution in [2.45, 2.75) is 37.0 Å². The fourth-order valence-electron chi connectivity index (χ4n) is 2.72. The van der Waals surface area contributed by atoms with Crippen LogP contribution in [0.1, 0.15) is 18.4 Å². The lowest BCUT2D eigenvalue weighted by molar-refractivity contribution is -0.275. The molecular formula is C15H13F4NO7. The number of ketones is 1. The maximum absolute atomic E-state index is 14.4. The number of halogens is 4. The van der Waals surface area contributed by atoms with Gasteiger partial charge in [-0.3, -0.25) is 4.79 Å². The molecule has 0 aromatic heterocycles. The highest BCUT2D eigenvalue weighted by Crippen LogP contribution is 2.38. The number of carbonyl (C=O) groups excluding carboxylic acids is 2. The van der Waals surface area contributed by atoms with Crippen molar-refractivity contribution in [1.29, 1.82) is 0 Å². The first-order chi connectivity index (χ1) is 12.4. The Kier molecular flexibility index (Phi) is 5.42. The van der Waals surface area contributed by atoms with Gasteiger partial charge in [-0.05, 0) is 18.9 Å². The third kappa shape index (κ3) is 4.17. The van der Waals surface area contributed by atoms with Crippen molar-refractivity contribution in [2.75, 3.05) is 0 Å². The van der Waals surface area contributed by atoms with Gasteiger partial charge in [-0.15, -0.1) is 13.2 Å². The Labute approximate surface area is 148 Å². The summed E-state index contributed by atoms with van der Waals surface area (Å²) in [6, 6.07) is 2.61. The zero-order valence-corrected chi connectivity index (χ0v) is 13.3. The zero-order valence-electron chi connectivity index (χ0n) is 13.3. The van der Waals surface area contributed by atoms with Crippen molar-refractivity contribution in [3.05, 3.63) is 29.6 Å². The van der Waals surface area contributed by atoms with Crippen LogP contribution in [0.2, 0.25) is 0 Å². The molecule has 3 atom stereocenters. The number of carboxylic acids is 1. The minimum Gasteiger partial charge on any atom is -0.473 e. The van der Waals surface area contributed by atoms with Crippen molar-refractivity contribution >= 4 is 17.7 Å². The van der Waals surface area contributed by atoms with E-state index in [-0.39, 0.29) is 6.42 Å². The van der Waals surface area contributed by atoms with Gasteiger partial charge in [0.05, 0.1) is 0 Å². The molecule has 1 saturated carbocycles. The second-order valence-corrected chi connectivity index (χ2v) is 5.73. The number of benzene rings is 1. The lowest BCUT2D eigenvalue weighted by atomic mass is 9.73. The molecule has 2 rings (SSSR count). The predicted octanol–water partition coefficient (Wildman–Crippen LogP) is 0.599. The molecule has 0 radical (unpaired) electrons. The number of carbonyl (C=O) groups is 3. The Morgan fingerprint density at radius 3 is 2.48 bits per heavy atom. The molecule has 0 spiro atoms. The van der Waals surface area contributed by atoms with Gasteiger partial charge in [0, 0.05) is 5.56 Å². The van der Waals surface area contributed by atoms with Gasteiger partial charge in [0.25, 0.3) is 0 Å². The van der Waals surface area contributed by atoms with E-state index in [0.717, 1.165) is 12.1 Å². The van der Waals surface area contributed by atoms with Gasteiger partial charge in [0.15, 0.2) is 23.5 Å². The van der Waals surface area contributed by atoms with Crippen LogP contribution in [0.25, 0.3) is 0 Å². The number of hydrogen-bond acceptors (Lipinski definition) is 7. The Balaban J connectivity index is 2.32. The molecule has 1 fully saturated rings. The summed E-state index contributed by atoms with van der Waals surface area (Å²) >= 11 is 0. The topological polar surface area (TPSA) is 136 Å². The quantitative estimate of drug-likeness (QED) is 0.385. The summed E-state index contributed by atoms with van der Waals surface area (Å²) in [6.45, 7) is 0. The first-order valence-electron chi connectivity index (χ1n) is 7.36. The lowest BCUT2D eigenvalue weighted by Crippen LogP contribution is -2.58. The summed E-state index contributed by atoms with van der Waals surface area (Å²) in [4.78, 5) is 34.0. The normalized spacial score (nSPS) is 25.8. The molecule has 12 heteroatoms. The number of nitrogens with two attached hydrogens (primary N) is 1. The Morgan fingerprint density at radius 2 is 1.93 bits per heavy atom. The zero-order chi connectivity index (χ0) is 20.6. The molecule has 4 N–H and O–H groups in total. The number of esters is 1. The summed E-state index contributed by atoms with van der Waals surface area (Å²) in [5, 5.41) is 18.5. The first kappa shape index (κ1) is 20.6. The van der Waals surface area contributed by atoms with Crippen LogP contribution in [0.15, 0.2) is 18.2 Å². The standard InChI is InChI=1S/C15H13F4NO7/c16-9-6(2-1-3-7(9)27-15(17,18)19)14(20)5-4-8(10(21)11(14)22)26-13(25)12(23)24/h1-3,8,10,21H,4-5,20H2,(H,23,24). The molecule has 3 unspecified atom stereocenters. The minimum absolute atomic E-state index is 0.341. The number of ether oxygens (including phenoxy) is 2. The Bertz CT molecular complexity index is 782. The summed E-state index contributed by atoms with van der Waals surface area (Å²) in [5.74, 6) is -7.68. The van der Waals surface area contributed by atoms with Crippen LogP contribution >= 0.6 is 0 Å². The molecule has 1 aromatic carbocycles. The molecule has 0 heterocycles. The van der Waals surface area contributed by atoms with Crippen molar-refractivity contribution in [3.8, 4) is 5.75 Å². The third-order valence-electron chi connectivity index (χ3n) is 3.99. The average molecular weight is 395 g/mol. The highest BCUT2D eigenvalue weighted by Gasteiger charge is 2.50. The molecule has 1 aromatic rings. The maximum Gasteiger partial charge on any atom is 0.573 e. The van der Waals surface area contributed by atoms with E-state index < -0.39 is 65.4 Å². The molecule has 0 aliphatic heterocycles. The summed E-state index contributed by atoms with van der Waals surface area (Å²) < 4.78 is 59.5. The van der Waals surface area contributed by atoms with Crippen LogP contribution in [0.5, 0.6) is 5.75 Å². The van der Waals surface area contributed by atoms with Crippen LogP contribution < -0.4 is 10.5 Å². The number of alkyl halides is 3. The van der Waals surface area contributed by atoms with Gasteiger partial charge in [0.1, 0.15) is 11.6 Å². The van der Waals surface area contributed by atoms with E-state index in [1.54, 1.807) is 0 Å². The third-order valence-corrected chi connectivity index (χ3v) is 3.99. The molecule has 148 valence electrons. The van der Waals surface area contributed by atoms with Crippen molar-refractivity contribution in [1.82, 2.24) is 0 Å². The van der Waals surface area contributed by atoms with Gasteiger partial charge >= 0.3 is 18.3 Å². The molecule has 1 aliphatic carbocycles. The van der Waals surface area contributed by atoms with Gasteiger partial charge in [-0.2, -0.15) is 0 Å². The smallest absolute Gasteiger partial charge is 0.473 e. The van der Waals surface area contributed by atoms with Crippen LogP contribution in [0, 0.1) is 5.82 Å². The number of Topliss-reactive ketones (excluding diaryl/α,β-unsaturated/α-hetero) is 1. The molecule has 27 heavy (non-hydrogen) atoms. The lowest BCUT2D eigenvalue weighted by Gasteiger charge is -2.38. The molecule has 8 nitrogen and oxygen atoms in total. The largest absolute Gasteiger partial charge is 0.573 e. The molecule has 0 saturated heterocycles. The maximum atomic E-state index is 14.4. The second kappa shape index (κ2) is 7.12. The first-order valence-corrected chi connectivity index (χ1v) is 7.36. The summed E-state index contributed by atoms with van der Waals surface area (Å²) in [7, 11) is 0. The number of hydrogen-bond donors (Lipinski definition) is 3. The van der Waals surface area contributed by atoms with E-state index in [1.165, 1.54) is 0 Å². The summed E-state index contributed by atoms with van der Waals surface area (Å²) in [6.07, 6.45) is -9.61. The summed E-state index contributed by atoms with van der Waals surface area (Å²) in [5.41, 5.74) is 2.97. The fraction of sp³-hybridized carbons (Fsp3) is 0.400. The van der Waals surface area contributed by atoms with E-state index in [4.69, 9.17) is 10.8 Å². The van der Waals surface area contributed by atoms with Crippen LogP contribution in [-0.4, -0.2) is 46.5 Å². The second-order valence-electron chi connectivity index (χ2n) is 5.73. The predicted molar refractivity (Wildman–Crippen MR) is 76.7 cm³/mol. The number of aliphatic carboxylic acids is 1. The SMILES string of the molecule is NC1(c2cccc(OC(F)(F)F)c2F)CCC(OC(=O)C(=O)O)C(O)C1=O.